The molecule has 1 amide bonds. The molecule has 1 saturated carbocycles. The second-order valence-electron chi connectivity index (χ2n) is 6.45. The van der Waals surface area contributed by atoms with E-state index in [9.17, 15) is 4.79 Å². The molecule has 0 saturated heterocycles. The van der Waals surface area contributed by atoms with Crippen molar-refractivity contribution < 1.29 is 4.79 Å². The molecule has 116 valence electrons. The smallest absolute Gasteiger partial charge is 0.238 e. The molecule has 0 atom stereocenters. The number of nitrogens with zero attached hydrogens (tertiary/aromatic N) is 1. The molecule has 0 radical (unpaired) electrons. The van der Waals surface area contributed by atoms with Gasteiger partial charge in [0, 0.05) is 17.4 Å². The molecule has 21 heavy (non-hydrogen) atoms. The Bertz CT molecular complexity index is 493. The number of amides is 1. The molecule has 0 bridgehead atoms. The Labute approximate surface area is 127 Å². The molecular formula is C17H27N3O. The van der Waals surface area contributed by atoms with E-state index in [0.717, 1.165) is 17.2 Å². The van der Waals surface area contributed by atoms with Crippen molar-refractivity contribution >= 4 is 17.3 Å². The van der Waals surface area contributed by atoms with Gasteiger partial charge in [-0.15, -0.1) is 0 Å². The van der Waals surface area contributed by atoms with E-state index >= 15 is 0 Å². The summed E-state index contributed by atoms with van der Waals surface area (Å²) in [5, 5.41) is 2.93. The first-order chi connectivity index (χ1) is 9.95. The third-order valence-corrected chi connectivity index (χ3v) is 4.56. The first-order valence-corrected chi connectivity index (χ1v) is 7.82. The van der Waals surface area contributed by atoms with E-state index in [0.29, 0.717) is 18.3 Å². The third-order valence-electron chi connectivity index (χ3n) is 4.56. The van der Waals surface area contributed by atoms with Gasteiger partial charge in [0.2, 0.25) is 5.91 Å². The van der Waals surface area contributed by atoms with Crippen LogP contribution in [0.1, 0.15) is 38.2 Å². The number of hydrogen-bond donors (Lipinski definition) is 2. The summed E-state index contributed by atoms with van der Waals surface area (Å²) in [4.78, 5) is 14.3. The number of nitrogen functional groups attached to an aromatic ring is 1. The molecule has 0 spiro atoms. The summed E-state index contributed by atoms with van der Waals surface area (Å²) >= 11 is 0. The maximum absolute atomic E-state index is 12.1. The highest BCUT2D eigenvalue weighted by molar-refractivity contribution is 5.92. The van der Waals surface area contributed by atoms with E-state index in [4.69, 9.17) is 5.73 Å². The Balaban J connectivity index is 1.84. The van der Waals surface area contributed by atoms with Gasteiger partial charge in [-0.1, -0.05) is 13.0 Å². The minimum atomic E-state index is 0.0272. The van der Waals surface area contributed by atoms with Crippen LogP contribution in [-0.2, 0) is 4.79 Å². The van der Waals surface area contributed by atoms with E-state index in [1.807, 2.05) is 32.2 Å². The largest absolute Gasteiger partial charge is 0.398 e. The maximum Gasteiger partial charge on any atom is 0.238 e. The molecule has 1 aromatic carbocycles. The van der Waals surface area contributed by atoms with Crippen LogP contribution in [0.25, 0.3) is 0 Å². The average Bonchev–Trinajstić information content (AvgIpc) is 2.43. The lowest BCUT2D eigenvalue weighted by Gasteiger charge is -2.33. The summed E-state index contributed by atoms with van der Waals surface area (Å²) in [5.41, 5.74) is 8.38. The number of benzene rings is 1. The standard InChI is InChI=1S/C17H27N3O/c1-12-4-8-15(9-5-12)20(3)11-17(21)19-14-7-6-13(2)16(18)10-14/h6-7,10,12,15H,4-5,8-9,11,18H2,1-3H3,(H,19,21). The van der Waals surface area contributed by atoms with Gasteiger partial charge in [0.25, 0.3) is 0 Å². The minimum Gasteiger partial charge on any atom is -0.398 e. The van der Waals surface area contributed by atoms with Crippen molar-refractivity contribution in [2.45, 2.75) is 45.6 Å². The van der Waals surface area contributed by atoms with E-state index in [1.54, 1.807) is 0 Å². The Kier molecular flexibility index (Phi) is 5.23. The van der Waals surface area contributed by atoms with Crippen LogP contribution < -0.4 is 11.1 Å². The Hall–Kier alpha value is -1.55. The van der Waals surface area contributed by atoms with Gasteiger partial charge in [0.1, 0.15) is 0 Å². The number of carbonyl (C=O) groups is 1. The van der Waals surface area contributed by atoms with Gasteiger partial charge in [-0.2, -0.15) is 0 Å². The number of rotatable bonds is 4. The zero-order chi connectivity index (χ0) is 15.4. The summed E-state index contributed by atoms with van der Waals surface area (Å²) in [5.74, 6) is 0.860. The summed E-state index contributed by atoms with van der Waals surface area (Å²) in [6.45, 7) is 4.70. The quantitative estimate of drug-likeness (QED) is 0.838. The highest BCUT2D eigenvalue weighted by Gasteiger charge is 2.22. The zero-order valence-corrected chi connectivity index (χ0v) is 13.4. The lowest BCUT2D eigenvalue weighted by Crippen LogP contribution is -2.39. The number of nitrogens with one attached hydrogen (secondary N) is 1. The van der Waals surface area contributed by atoms with Gasteiger partial charge in [-0.05, 0) is 63.3 Å². The third kappa shape index (κ3) is 4.46. The number of aryl methyl sites for hydroxylation is 1. The van der Waals surface area contributed by atoms with Crippen molar-refractivity contribution in [1.82, 2.24) is 4.90 Å². The lowest BCUT2D eigenvalue weighted by atomic mass is 9.87. The van der Waals surface area contributed by atoms with Crippen LogP contribution in [0.15, 0.2) is 18.2 Å². The fourth-order valence-corrected chi connectivity index (χ4v) is 2.96. The van der Waals surface area contributed by atoms with E-state index in [-0.39, 0.29) is 5.91 Å². The second-order valence-corrected chi connectivity index (χ2v) is 6.45. The molecule has 4 nitrogen and oxygen atoms in total. The molecule has 3 N–H and O–H groups in total. The molecule has 0 unspecified atom stereocenters. The summed E-state index contributed by atoms with van der Waals surface area (Å²) < 4.78 is 0. The van der Waals surface area contributed by atoms with Crippen LogP contribution in [0, 0.1) is 12.8 Å². The Morgan fingerprint density at radius 2 is 2.00 bits per heavy atom. The van der Waals surface area contributed by atoms with E-state index in [1.165, 1.54) is 25.7 Å². The molecule has 1 aromatic rings. The molecule has 4 heteroatoms. The number of anilines is 2. The first-order valence-electron chi connectivity index (χ1n) is 7.82. The minimum absolute atomic E-state index is 0.0272. The predicted molar refractivity (Wildman–Crippen MR) is 88.3 cm³/mol. The molecule has 0 aliphatic heterocycles. The molecule has 1 fully saturated rings. The molecular weight excluding hydrogens is 262 g/mol. The van der Waals surface area contributed by atoms with Crippen LogP contribution in [-0.4, -0.2) is 30.4 Å². The molecule has 1 aliphatic carbocycles. The topological polar surface area (TPSA) is 58.4 Å². The van der Waals surface area contributed by atoms with Crippen LogP contribution in [0.2, 0.25) is 0 Å². The predicted octanol–water partition coefficient (Wildman–Crippen LogP) is 3.03. The zero-order valence-electron chi connectivity index (χ0n) is 13.4. The van der Waals surface area contributed by atoms with Crippen LogP contribution in [0.5, 0.6) is 0 Å². The number of nitrogens with two attached hydrogens (primary N) is 1. The Morgan fingerprint density at radius 3 is 2.62 bits per heavy atom. The van der Waals surface area contributed by atoms with Crippen LogP contribution in [0.4, 0.5) is 11.4 Å². The van der Waals surface area contributed by atoms with Crippen LogP contribution in [0.3, 0.4) is 0 Å². The normalized spacial score (nSPS) is 22.3. The van der Waals surface area contributed by atoms with Gasteiger partial charge in [0.05, 0.1) is 6.54 Å². The van der Waals surface area contributed by atoms with Crippen molar-refractivity contribution in [1.29, 1.82) is 0 Å². The molecule has 0 aromatic heterocycles. The van der Waals surface area contributed by atoms with Crippen molar-refractivity contribution in [2.75, 3.05) is 24.6 Å². The van der Waals surface area contributed by atoms with Gasteiger partial charge in [-0.3, -0.25) is 9.69 Å². The fraction of sp³-hybridized carbons (Fsp3) is 0.588. The van der Waals surface area contributed by atoms with Gasteiger partial charge >= 0.3 is 0 Å². The number of carbonyl (C=O) groups excluding carboxylic acids is 1. The summed E-state index contributed by atoms with van der Waals surface area (Å²) in [6.07, 6.45) is 4.93. The van der Waals surface area contributed by atoms with Crippen molar-refractivity contribution in [3.63, 3.8) is 0 Å². The highest BCUT2D eigenvalue weighted by atomic mass is 16.2. The Morgan fingerprint density at radius 1 is 1.33 bits per heavy atom. The van der Waals surface area contributed by atoms with Gasteiger partial charge in [-0.25, -0.2) is 0 Å². The van der Waals surface area contributed by atoms with Crippen LogP contribution >= 0.6 is 0 Å². The summed E-state index contributed by atoms with van der Waals surface area (Å²) in [6, 6.07) is 6.17. The number of hydrogen-bond acceptors (Lipinski definition) is 3. The fourth-order valence-electron chi connectivity index (χ4n) is 2.96. The molecule has 2 rings (SSSR count). The first kappa shape index (κ1) is 15.8. The van der Waals surface area contributed by atoms with Crippen molar-refractivity contribution in [3.05, 3.63) is 23.8 Å². The average molecular weight is 289 g/mol. The van der Waals surface area contributed by atoms with Crippen molar-refractivity contribution in [3.8, 4) is 0 Å². The SMILES string of the molecule is Cc1ccc(NC(=O)CN(C)C2CCC(C)CC2)cc1N. The second kappa shape index (κ2) is 6.94. The highest BCUT2D eigenvalue weighted by Crippen LogP contribution is 2.26. The van der Waals surface area contributed by atoms with E-state index < -0.39 is 0 Å². The maximum atomic E-state index is 12.1. The van der Waals surface area contributed by atoms with Gasteiger partial charge < -0.3 is 11.1 Å². The number of likely N-dealkylation sites (N-methyl/N-ethyl adjacent to an activating group) is 1. The summed E-state index contributed by atoms with van der Waals surface area (Å²) in [7, 11) is 2.05. The van der Waals surface area contributed by atoms with Crippen molar-refractivity contribution in [2.24, 2.45) is 5.92 Å². The van der Waals surface area contributed by atoms with E-state index in [2.05, 4.69) is 17.1 Å². The molecule has 0 heterocycles. The van der Waals surface area contributed by atoms with Gasteiger partial charge in [0.15, 0.2) is 0 Å². The molecule has 1 aliphatic rings. The lowest BCUT2D eigenvalue weighted by molar-refractivity contribution is -0.117. The monoisotopic (exact) mass is 289 g/mol.